The lowest BCUT2D eigenvalue weighted by Crippen LogP contribution is -2.56. The lowest BCUT2D eigenvalue weighted by atomic mass is 9.64. The number of ketones is 2. The molecule has 0 spiro atoms. The molecular formula is C21H24FNO3. The lowest BCUT2D eigenvalue weighted by Gasteiger charge is -2.44. The predicted molar refractivity (Wildman–Crippen MR) is 95.2 cm³/mol. The van der Waals surface area contributed by atoms with Gasteiger partial charge in [0.05, 0.1) is 0 Å². The molecule has 0 aromatic heterocycles. The van der Waals surface area contributed by atoms with Crippen LogP contribution in [0.15, 0.2) is 18.2 Å². The van der Waals surface area contributed by atoms with Crippen LogP contribution in [0.3, 0.4) is 0 Å². The van der Waals surface area contributed by atoms with Gasteiger partial charge in [0.2, 0.25) is 17.5 Å². The SMILES string of the molecule is C[C@@H]1CCc2cc(F)ccc2N1C(=O)[C@]12CC[C@](C)(C(=O)C1=O)C2(C)C. The van der Waals surface area contributed by atoms with E-state index in [4.69, 9.17) is 0 Å². The maximum atomic E-state index is 13.8. The van der Waals surface area contributed by atoms with Crippen molar-refractivity contribution in [1.82, 2.24) is 0 Å². The summed E-state index contributed by atoms with van der Waals surface area (Å²) in [5.41, 5.74) is -1.38. The van der Waals surface area contributed by atoms with Gasteiger partial charge in [0, 0.05) is 17.1 Å². The molecule has 2 saturated carbocycles. The van der Waals surface area contributed by atoms with Crippen molar-refractivity contribution in [2.45, 2.75) is 59.4 Å². The first kappa shape index (κ1) is 17.4. The summed E-state index contributed by atoms with van der Waals surface area (Å²) in [6.45, 7) is 7.52. The Morgan fingerprint density at radius 1 is 1.15 bits per heavy atom. The van der Waals surface area contributed by atoms with Crippen LogP contribution in [0, 0.1) is 22.1 Å². The maximum Gasteiger partial charge on any atom is 0.242 e. The Morgan fingerprint density at radius 3 is 2.46 bits per heavy atom. The molecule has 1 heterocycles. The first-order chi connectivity index (χ1) is 12.1. The van der Waals surface area contributed by atoms with Crippen LogP contribution in [-0.2, 0) is 20.8 Å². The summed E-state index contributed by atoms with van der Waals surface area (Å²) >= 11 is 0. The molecule has 1 aromatic rings. The molecule has 5 heteroatoms. The Balaban J connectivity index is 1.87. The van der Waals surface area contributed by atoms with E-state index in [-0.39, 0.29) is 17.8 Å². The van der Waals surface area contributed by atoms with Gasteiger partial charge in [0.1, 0.15) is 11.2 Å². The molecule has 1 aliphatic heterocycles. The molecule has 4 rings (SSSR count). The Labute approximate surface area is 152 Å². The third-order valence-corrected chi connectivity index (χ3v) is 7.70. The highest BCUT2D eigenvalue weighted by Crippen LogP contribution is 2.69. The smallest absolute Gasteiger partial charge is 0.242 e. The number of carbonyl (C=O) groups is 3. The molecule has 1 aromatic carbocycles. The van der Waals surface area contributed by atoms with Gasteiger partial charge in [-0.1, -0.05) is 20.8 Å². The van der Waals surface area contributed by atoms with Crippen molar-refractivity contribution in [2.75, 3.05) is 4.90 Å². The number of hydrogen-bond acceptors (Lipinski definition) is 3. The fourth-order valence-corrected chi connectivity index (χ4v) is 5.48. The van der Waals surface area contributed by atoms with Crippen molar-refractivity contribution in [1.29, 1.82) is 0 Å². The van der Waals surface area contributed by atoms with E-state index in [1.54, 1.807) is 11.0 Å². The number of nitrogens with zero attached hydrogens (tertiary/aromatic N) is 1. The number of fused-ring (bicyclic) bond motifs is 3. The van der Waals surface area contributed by atoms with E-state index in [1.165, 1.54) is 12.1 Å². The zero-order valence-corrected chi connectivity index (χ0v) is 15.7. The summed E-state index contributed by atoms with van der Waals surface area (Å²) < 4.78 is 13.7. The molecular weight excluding hydrogens is 333 g/mol. The van der Waals surface area contributed by atoms with Gasteiger partial charge < -0.3 is 4.90 Å². The van der Waals surface area contributed by atoms with E-state index in [0.717, 1.165) is 5.56 Å². The van der Waals surface area contributed by atoms with E-state index in [0.29, 0.717) is 31.4 Å². The molecule has 3 aliphatic rings. The van der Waals surface area contributed by atoms with Gasteiger partial charge in [-0.15, -0.1) is 0 Å². The zero-order valence-electron chi connectivity index (χ0n) is 15.7. The second kappa shape index (κ2) is 5.02. The number of Topliss-reactive ketones (excluding diaryl/α,β-unsaturated/α-hetero) is 2. The molecule has 0 N–H and O–H groups in total. The van der Waals surface area contributed by atoms with Gasteiger partial charge in [-0.25, -0.2) is 4.39 Å². The second-order valence-corrected chi connectivity index (χ2v) is 8.86. The van der Waals surface area contributed by atoms with E-state index >= 15 is 0 Å². The molecule has 0 unspecified atom stereocenters. The molecule has 2 fully saturated rings. The van der Waals surface area contributed by atoms with Crippen LogP contribution in [-0.4, -0.2) is 23.5 Å². The van der Waals surface area contributed by atoms with Gasteiger partial charge in [-0.05, 0) is 61.8 Å². The highest BCUT2D eigenvalue weighted by atomic mass is 19.1. The minimum Gasteiger partial charge on any atom is -0.308 e. The summed E-state index contributed by atoms with van der Waals surface area (Å²) in [4.78, 5) is 41.2. The summed E-state index contributed by atoms with van der Waals surface area (Å²) in [6, 6.07) is 4.34. The molecule has 26 heavy (non-hydrogen) atoms. The lowest BCUT2D eigenvalue weighted by molar-refractivity contribution is -0.148. The van der Waals surface area contributed by atoms with Crippen molar-refractivity contribution in [3.63, 3.8) is 0 Å². The molecule has 0 radical (unpaired) electrons. The molecule has 0 saturated heterocycles. The maximum absolute atomic E-state index is 13.8. The molecule has 2 aliphatic carbocycles. The monoisotopic (exact) mass is 357 g/mol. The standard InChI is InChI=1S/C21H24FNO3/c1-12-5-6-13-11-14(22)7-8-15(13)23(12)18(26)21-10-9-20(4,19(21,2)3)16(24)17(21)25/h7-8,11-12H,5-6,9-10H2,1-4H3/t12-,20-,21+/m1/s1. The largest absolute Gasteiger partial charge is 0.308 e. The molecule has 1 amide bonds. The zero-order chi connectivity index (χ0) is 19.1. The van der Waals surface area contributed by atoms with Crippen molar-refractivity contribution in [3.05, 3.63) is 29.6 Å². The highest BCUT2D eigenvalue weighted by Gasteiger charge is 2.78. The highest BCUT2D eigenvalue weighted by molar-refractivity contribution is 6.49. The normalized spacial score (nSPS) is 35.0. The molecule has 3 atom stereocenters. The topological polar surface area (TPSA) is 54.5 Å². The van der Waals surface area contributed by atoms with Crippen LogP contribution in [0.1, 0.15) is 52.5 Å². The third-order valence-electron chi connectivity index (χ3n) is 7.70. The molecule has 4 nitrogen and oxygen atoms in total. The van der Waals surface area contributed by atoms with Crippen molar-refractivity contribution in [2.24, 2.45) is 16.2 Å². The van der Waals surface area contributed by atoms with Gasteiger partial charge >= 0.3 is 0 Å². The number of benzene rings is 1. The van der Waals surface area contributed by atoms with E-state index in [1.807, 2.05) is 27.7 Å². The van der Waals surface area contributed by atoms with Gasteiger partial charge in [-0.2, -0.15) is 0 Å². The first-order valence-electron chi connectivity index (χ1n) is 9.29. The average molecular weight is 357 g/mol. The minimum atomic E-state index is -1.31. The van der Waals surface area contributed by atoms with Crippen LogP contribution < -0.4 is 4.90 Å². The van der Waals surface area contributed by atoms with Crippen LogP contribution in [0.4, 0.5) is 10.1 Å². The van der Waals surface area contributed by atoms with Crippen LogP contribution in [0.25, 0.3) is 0 Å². The van der Waals surface area contributed by atoms with Gasteiger partial charge in [0.15, 0.2) is 0 Å². The quantitative estimate of drug-likeness (QED) is 0.571. The van der Waals surface area contributed by atoms with E-state index < -0.39 is 27.8 Å². The van der Waals surface area contributed by atoms with Crippen molar-refractivity contribution < 1.29 is 18.8 Å². The second-order valence-electron chi connectivity index (χ2n) is 8.86. The summed E-state index contributed by atoms with van der Waals surface area (Å²) in [5.74, 6) is -1.57. The van der Waals surface area contributed by atoms with E-state index in [9.17, 15) is 18.8 Å². The number of hydrogen-bond donors (Lipinski definition) is 0. The Bertz CT molecular complexity index is 861. The first-order valence-corrected chi connectivity index (χ1v) is 9.29. The summed E-state index contributed by atoms with van der Waals surface area (Å²) in [5, 5.41) is 0. The number of halogens is 1. The summed E-state index contributed by atoms with van der Waals surface area (Å²) in [6.07, 6.45) is 2.35. The number of rotatable bonds is 1. The van der Waals surface area contributed by atoms with Crippen molar-refractivity contribution >= 4 is 23.2 Å². The number of aryl methyl sites for hydroxylation is 1. The van der Waals surface area contributed by atoms with Crippen molar-refractivity contribution in [3.8, 4) is 0 Å². The van der Waals surface area contributed by atoms with Crippen LogP contribution in [0.2, 0.25) is 0 Å². The number of amides is 1. The third kappa shape index (κ3) is 1.72. The minimum absolute atomic E-state index is 0.0963. The van der Waals surface area contributed by atoms with Crippen LogP contribution >= 0.6 is 0 Å². The average Bonchev–Trinajstić information content (AvgIpc) is 2.86. The van der Waals surface area contributed by atoms with Crippen LogP contribution in [0.5, 0.6) is 0 Å². The summed E-state index contributed by atoms with van der Waals surface area (Å²) in [7, 11) is 0. The predicted octanol–water partition coefficient (Wildman–Crippen LogP) is 3.46. The Hall–Kier alpha value is -2.04. The Kier molecular flexibility index (Phi) is 3.36. The fraction of sp³-hybridized carbons (Fsp3) is 0.571. The molecule has 2 bridgehead atoms. The number of carbonyl (C=O) groups excluding carboxylic acids is 3. The fourth-order valence-electron chi connectivity index (χ4n) is 5.48. The van der Waals surface area contributed by atoms with E-state index in [2.05, 4.69) is 0 Å². The molecule has 138 valence electrons. The number of anilines is 1. The Morgan fingerprint density at radius 2 is 1.85 bits per heavy atom. The van der Waals surface area contributed by atoms with Gasteiger partial charge in [0.25, 0.3) is 0 Å². The van der Waals surface area contributed by atoms with Gasteiger partial charge in [-0.3, -0.25) is 14.4 Å².